The largest absolute Gasteiger partial charge is 0.419 e. The number of aryl methyl sites for hydroxylation is 1. The number of halogens is 1. The minimum absolute atomic E-state index is 0.154. The average molecular weight is 416 g/mol. The number of anilines is 1. The standard InChI is InChI=1S/C18H18BrN5O2/c1-12-7-8-20-15(9-12)21-16(25)10-24(2)11-17-22-23-18(26-17)13-3-5-14(19)6-4-13/h3-9H,10-11H2,1-2H3,(H,20,21,25). The molecule has 0 aliphatic carbocycles. The summed E-state index contributed by atoms with van der Waals surface area (Å²) < 4.78 is 6.65. The maximum absolute atomic E-state index is 12.1. The van der Waals surface area contributed by atoms with Crippen LogP contribution >= 0.6 is 15.9 Å². The monoisotopic (exact) mass is 415 g/mol. The highest BCUT2D eigenvalue weighted by atomic mass is 79.9. The van der Waals surface area contributed by atoms with Crippen LogP contribution in [-0.4, -0.2) is 39.6 Å². The third-order valence-corrected chi connectivity index (χ3v) is 4.09. The second kappa shape index (κ2) is 8.20. The number of amides is 1. The molecular formula is C18H18BrN5O2. The number of carbonyl (C=O) groups is 1. The van der Waals surface area contributed by atoms with Crippen LogP contribution in [-0.2, 0) is 11.3 Å². The molecule has 1 amide bonds. The van der Waals surface area contributed by atoms with Crippen LogP contribution in [0.4, 0.5) is 5.82 Å². The summed E-state index contributed by atoms with van der Waals surface area (Å²) in [6, 6.07) is 11.3. The summed E-state index contributed by atoms with van der Waals surface area (Å²) in [4.78, 5) is 18.0. The third-order valence-electron chi connectivity index (χ3n) is 3.56. The summed E-state index contributed by atoms with van der Waals surface area (Å²) in [7, 11) is 1.81. The number of likely N-dealkylation sites (N-methyl/N-ethyl adjacent to an activating group) is 1. The zero-order valence-corrected chi connectivity index (χ0v) is 16.0. The molecule has 0 atom stereocenters. The molecule has 8 heteroatoms. The van der Waals surface area contributed by atoms with Crippen molar-refractivity contribution in [3.8, 4) is 11.5 Å². The summed E-state index contributed by atoms with van der Waals surface area (Å²) in [5.74, 6) is 1.29. The quantitative estimate of drug-likeness (QED) is 0.664. The summed E-state index contributed by atoms with van der Waals surface area (Å²) in [5, 5.41) is 10.9. The average Bonchev–Trinajstić information content (AvgIpc) is 3.03. The summed E-state index contributed by atoms with van der Waals surface area (Å²) in [5.41, 5.74) is 1.88. The first-order valence-corrected chi connectivity index (χ1v) is 8.78. The molecule has 0 fully saturated rings. The molecule has 3 aromatic rings. The first-order chi connectivity index (χ1) is 12.5. The van der Waals surface area contributed by atoms with Gasteiger partial charge in [0.2, 0.25) is 17.7 Å². The molecule has 0 aliphatic heterocycles. The van der Waals surface area contributed by atoms with Crippen LogP contribution in [0.1, 0.15) is 11.5 Å². The molecule has 2 heterocycles. The fourth-order valence-corrected chi connectivity index (χ4v) is 2.61. The van der Waals surface area contributed by atoms with E-state index in [9.17, 15) is 4.79 Å². The molecule has 0 unspecified atom stereocenters. The Balaban J connectivity index is 1.55. The lowest BCUT2D eigenvalue weighted by Gasteiger charge is -2.13. The highest BCUT2D eigenvalue weighted by Crippen LogP contribution is 2.20. The number of nitrogens with one attached hydrogen (secondary N) is 1. The molecule has 0 saturated heterocycles. The number of pyridine rings is 1. The number of nitrogens with zero attached hydrogens (tertiary/aromatic N) is 4. The van der Waals surface area contributed by atoms with Crippen LogP contribution in [0.5, 0.6) is 0 Å². The predicted octanol–water partition coefficient (Wildman–Crippen LogP) is 3.27. The van der Waals surface area contributed by atoms with Crippen LogP contribution in [0.3, 0.4) is 0 Å². The van der Waals surface area contributed by atoms with Crippen LogP contribution in [0.15, 0.2) is 51.5 Å². The second-order valence-electron chi connectivity index (χ2n) is 5.95. The highest BCUT2D eigenvalue weighted by Gasteiger charge is 2.13. The number of rotatable bonds is 6. The van der Waals surface area contributed by atoms with E-state index in [1.165, 1.54) is 0 Å². The van der Waals surface area contributed by atoms with Crippen molar-refractivity contribution in [3.05, 3.63) is 58.5 Å². The van der Waals surface area contributed by atoms with Gasteiger partial charge in [-0.15, -0.1) is 10.2 Å². The van der Waals surface area contributed by atoms with Crippen molar-refractivity contribution in [1.82, 2.24) is 20.1 Å². The summed E-state index contributed by atoms with van der Waals surface area (Å²) in [6.07, 6.45) is 1.66. The molecule has 3 rings (SSSR count). The van der Waals surface area contributed by atoms with Gasteiger partial charge in [0.15, 0.2) is 0 Å². The number of hydrogen-bond acceptors (Lipinski definition) is 6. The SMILES string of the molecule is Cc1ccnc(NC(=O)CN(C)Cc2nnc(-c3ccc(Br)cc3)o2)c1. The van der Waals surface area contributed by atoms with Crippen LogP contribution < -0.4 is 5.32 Å². The first kappa shape index (κ1) is 18.2. The van der Waals surface area contributed by atoms with E-state index in [-0.39, 0.29) is 12.5 Å². The van der Waals surface area contributed by atoms with Crippen LogP contribution in [0.25, 0.3) is 11.5 Å². The summed E-state index contributed by atoms with van der Waals surface area (Å²) in [6.45, 7) is 2.51. The molecule has 134 valence electrons. The highest BCUT2D eigenvalue weighted by molar-refractivity contribution is 9.10. The Hall–Kier alpha value is -2.58. The zero-order valence-electron chi connectivity index (χ0n) is 14.4. The number of benzene rings is 1. The van der Waals surface area contributed by atoms with Crippen molar-refractivity contribution < 1.29 is 9.21 Å². The van der Waals surface area contributed by atoms with Crippen molar-refractivity contribution in [2.24, 2.45) is 0 Å². The van der Waals surface area contributed by atoms with Gasteiger partial charge >= 0.3 is 0 Å². The van der Waals surface area contributed by atoms with E-state index in [2.05, 4.69) is 36.4 Å². The predicted molar refractivity (Wildman–Crippen MR) is 101 cm³/mol. The van der Waals surface area contributed by atoms with Gasteiger partial charge in [-0.3, -0.25) is 9.69 Å². The molecule has 1 aromatic carbocycles. The van der Waals surface area contributed by atoms with Crippen LogP contribution in [0, 0.1) is 6.92 Å². The van der Waals surface area contributed by atoms with Crippen LogP contribution in [0.2, 0.25) is 0 Å². The molecule has 2 aromatic heterocycles. The molecule has 0 bridgehead atoms. The van der Waals surface area contributed by atoms with E-state index >= 15 is 0 Å². The van der Waals surface area contributed by atoms with Gasteiger partial charge in [-0.2, -0.15) is 0 Å². The molecule has 0 spiro atoms. The van der Waals surface area contributed by atoms with Crippen molar-refractivity contribution in [3.63, 3.8) is 0 Å². The van der Waals surface area contributed by atoms with Crippen molar-refractivity contribution in [2.45, 2.75) is 13.5 Å². The van der Waals surface area contributed by atoms with E-state index in [4.69, 9.17) is 4.42 Å². The number of aromatic nitrogens is 3. The Morgan fingerprint density at radius 2 is 2.00 bits per heavy atom. The fourth-order valence-electron chi connectivity index (χ4n) is 2.35. The maximum atomic E-state index is 12.1. The molecule has 0 aliphatic rings. The summed E-state index contributed by atoms with van der Waals surface area (Å²) >= 11 is 3.39. The lowest BCUT2D eigenvalue weighted by atomic mass is 10.2. The molecular weight excluding hydrogens is 398 g/mol. The van der Waals surface area contributed by atoms with E-state index in [0.29, 0.717) is 24.1 Å². The van der Waals surface area contributed by atoms with Gasteiger partial charge in [-0.05, 0) is 55.9 Å². The fraction of sp³-hybridized carbons (Fsp3) is 0.222. The molecule has 0 saturated carbocycles. The maximum Gasteiger partial charge on any atom is 0.247 e. The molecule has 7 nitrogen and oxygen atoms in total. The van der Waals surface area contributed by atoms with Crippen molar-refractivity contribution in [2.75, 3.05) is 18.9 Å². The van der Waals surface area contributed by atoms with E-state index in [1.54, 1.807) is 11.1 Å². The minimum atomic E-state index is -0.154. The minimum Gasteiger partial charge on any atom is -0.419 e. The second-order valence-corrected chi connectivity index (χ2v) is 6.86. The van der Waals surface area contributed by atoms with Gasteiger partial charge < -0.3 is 9.73 Å². The van der Waals surface area contributed by atoms with E-state index in [0.717, 1.165) is 15.6 Å². The lowest BCUT2D eigenvalue weighted by molar-refractivity contribution is -0.117. The number of hydrogen-bond donors (Lipinski definition) is 1. The topological polar surface area (TPSA) is 84.2 Å². The smallest absolute Gasteiger partial charge is 0.247 e. The molecule has 0 radical (unpaired) electrons. The van der Waals surface area contributed by atoms with E-state index < -0.39 is 0 Å². The Morgan fingerprint density at radius 1 is 1.23 bits per heavy atom. The van der Waals surface area contributed by atoms with Gasteiger partial charge in [0.1, 0.15) is 5.82 Å². The number of carbonyl (C=O) groups excluding carboxylic acids is 1. The Morgan fingerprint density at radius 3 is 2.73 bits per heavy atom. The molecule has 26 heavy (non-hydrogen) atoms. The van der Waals surface area contributed by atoms with Crippen molar-refractivity contribution >= 4 is 27.7 Å². The lowest BCUT2D eigenvalue weighted by Crippen LogP contribution is -2.30. The van der Waals surface area contributed by atoms with Gasteiger partial charge in [0, 0.05) is 16.2 Å². The van der Waals surface area contributed by atoms with E-state index in [1.807, 2.05) is 50.4 Å². The van der Waals surface area contributed by atoms with Gasteiger partial charge in [0.05, 0.1) is 13.1 Å². The first-order valence-electron chi connectivity index (χ1n) is 7.99. The van der Waals surface area contributed by atoms with Gasteiger partial charge in [0.25, 0.3) is 0 Å². The van der Waals surface area contributed by atoms with Crippen molar-refractivity contribution in [1.29, 1.82) is 0 Å². The Labute approximate surface area is 159 Å². The van der Waals surface area contributed by atoms with Gasteiger partial charge in [-0.1, -0.05) is 15.9 Å². The Kier molecular flexibility index (Phi) is 5.75. The Bertz CT molecular complexity index is 895. The van der Waals surface area contributed by atoms with Gasteiger partial charge in [-0.25, -0.2) is 4.98 Å². The zero-order chi connectivity index (χ0) is 18.5. The molecule has 1 N–H and O–H groups in total. The normalized spacial score (nSPS) is 10.9. The third kappa shape index (κ3) is 4.96.